The Balaban J connectivity index is 1.90. The first-order chi connectivity index (χ1) is 13.3. The standard InChI is InChI=1S/C18H17F2N3O5/c1-23(4-5-24)8-10-2-3-13(27-10)18(26)22-14-11-6-9(19)7-12(20)15(11)28-16(14)17(21)25/h2-3,6-7,24H,4-5,8H2,1H3,(H2,21,25)(H,22,26). The second-order valence-electron chi connectivity index (χ2n) is 6.12. The van der Waals surface area contributed by atoms with Gasteiger partial charge in [0.05, 0.1) is 18.5 Å². The number of primary amides is 1. The molecule has 0 spiro atoms. The van der Waals surface area contributed by atoms with Crippen LogP contribution in [0.4, 0.5) is 14.5 Å². The molecule has 10 heteroatoms. The molecule has 0 unspecified atom stereocenters. The van der Waals surface area contributed by atoms with E-state index in [1.165, 1.54) is 6.07 Å². The summed E-state index contributed by atoms with van der Waals surface area (Å²) in [7, 11) is 1.76. The first-order valence-electron chi connectivity index (χ1n) is 8.21. The average molecular weight is 393 g/mol. The van der Waals surface area contributed by atoms with Crippen LogP contribution in [0.25, 0.3) is 11.0 Å². The number of halogens is 2. The van der Waals surface area contributed by atoms with Crippen molar-refractivity contribution < 1.29 is 32.3 Å². The van der Waals surface area contributed by atoms with Crippen LogP contribution < -0.4 is 11.1 Å². The molecule has 2 aromatic heterocycles. The van der Waals surface area contributed by atoms with Gasteiger partial charge in [0.1, 0.15) is 17.3 Å². The Morgan fingerprint density at radius 3 is 2.68 bits per heavy atom. The maximum Gasteiger partial charge on any atom is 0.291 e. The summed E-state index contributed by atoms with van der Waals surface area (Å²) in [6.45, 7) is 0.745. The fourth-order valence-electron chi connectivity index (χ4n) is 2.70. The summed E-state index contributed by atoms with van der Waals surface area (Å²) in [6.07, 6.45) is 0. The zero-order chi connectivity index (χ0) is 20.4. The monoisotopic (exact) mass is 393 g/mol. The van der Waals surface area contributed by atoms with Gasteiger partial charge in [-0.3, -0.25) is 14.5 Å². The van der Waals surface area contributed by atoms with Crippen molar-refractivity contribution in [2.24, 2.45) is 5.73 Å². The highest BCUT2D eigenvalue weighted by atomic mass is 19.1. The van der Waals surface area contributed by atoms with E-state index in [2.05, 4.69) is 5.32 Å². The number of aliphatic hydroxyl groups is 1. The van der Waals surface area contributed by atoms with Gasteiger partial charge in [-0.05, 0) is 25.2 Å². The van der Waals surface area contributed by atoms with Crippen molar-refractivity contribution in [3.05, 3.63) is 53.2 Å². The van der Waals surface area contributed by atoms with Crippen molar-refractivity contribution in [1.82, 2.24) is 4.90 Å². The second kappa shape index (κ2) is 7.79. The molecule has 0 aliphatic carbocycles. The van der Waals surface area contributed by atoms with Gasteiger partial charge in [0, 0.05) is 12.6 Å². The summed E-state index contributed by atoms with van der Waals surface area (Å²) in [6, 6.07) is 4.49. The summed E-state index contributed by atoms with van der Waals surface area (Å²) < 4.78 is 38.0. The average Bonchev–Trinajstić information content (AvgIpc) is 3.20. The molecular weight excluding hydrogens is 376 g/mol. The number of carbonyl (C=O) groups is 2. The fraction of sp³-hybridized carbons (Fsp3) is 0.222. The van der Waals surface area contributed by atoms with Crippen LogP contribution in [-0.2, 0) is 6.54 Å². The molecule has 148 valence electrons. The molecule has 0 atom stereocenters. The minimum atomic E-state index is -1.06. The topological polar surface area (TPSA) is 122 Å². The van der Waals surface area contributed by atoms with Crippen LogP contribution >= 0.6 is 0 Å². The number of furan rings is 2. The number of rotatable bonds is 7. The van der Waals surface area contributed by atoms with Crippen LogP contribution in [0.2, 0.25) is 0 Å². The molecule has 8 nitrogen and oxygen atoms in total. The largest absolute Gasteiger partial charge is 0.455 e. The minimum Gasteiger partial charge on any atom is -0.455 e. The van der Waals surface area contributed by atoms with Gasteiger partial charge in [0.25, 0.3) is 11.8 Å². The number of amides is 2. The summed E-state index contributed by atoms with van der Waals surface area (Å²) in [5.74, 6) is -3.90. The Bertz CT molecular complexity index is 1040. The van der Waals surface area contributed by atoms with E-state index in [0.717, 1.165) is 6.07 Å². The van der Waals surface area contributed by atoms with Gasteiger partial charge < -0.3 is 25.0 Å². The number of hydrogen-bond acceptors (Lipinski definition) is 6. The molecule has 0 aliphatic heterocycles. The van der Waals surface area contributed by atoms with E-state index in [0.29, 0.717) is 24.9 Å². The van der Waals surface area contributed by atoms with Crippen LogP contribution in [0.3, 0.4) is 0 Å². The zero-order valence-electron chi connectivity index (χ0n) is 14.8. The smallest absolute Gasteiger partial charge is 0.291 e. The van der Waals surface area contributed by atoms with Crippen LogP contribution in [0, 0.1) is 11.6 Å². The Kier molecular flexibility index (Phi) is 5.43. The lowest BCUT2D eigenvalue weighted by molar-refractivity contribution is 0.0976. The molecule has 3 aromatic rings. The normalized spacial score (nSPS) is 11.3. The number of nitrogens with one attached hydrogen (secondary N) is 1. The highest BCUT2D eigenvalue weighted by Gasteiger charge is 2.24. The molecule has 0 bridgehead atoms. The van der Waals surface area contributed by atoms with Gasteiger partial charge in [0.15, 0.2) is 17.2 Å². The molecular formula is C18H17F2N3O5. The Hall–Kier alpha value is -3.24. The Morgan fingerprint density at radius 1 is 1.25 bits per heavy atom. The molecule has 3 rings (SSSR count). The molecule has 2 amide bonds. The van der Waals surface area contributed by atoms with E-state index in [1.807, 2.05) is 0 Å². The summed E-state index contributed by atoms with van der Waals surface area (Å²) in [4.78, 5) is 25.9. The lowest BCUT2D eigenvalue weighted by atomic mass is 10.2. The quantitative estimate of drug-likeness (QED) is 0.565. The van der Waals surface area contributed by atoms with Crippen molar-refractivity contribution in [1.29, 1.82) is 0 Å². The Morgan fingerprint density at radius 2 is 2.00 bits per heavy atom. The van der Waals surface area contributed by atoms with Crippen LogP contribution in [0.15, 0.2) is 33.1 Å². The zero-order valence-corrected chi connectivity index (χ0v) is 14.8. The summed E-state index contributed by atoms with van der Waals surface area (Å²) in [5, 5.41) is 11.1. The second-order valence-corrected chi connectivity index (χ2v) is 6.12. The molecule has 2 heterocycles. The van der Waals surface area contributed by atoms with Gasteiger partial charge in [-0.25, -0.2) is 8.78 Å². The van der Waals surface area contributed by atoms with Crippen LogP contribution in [0.1, 0.15) is 26.9 Å². The first kappa shape index (κ1) is 19.5. The molecule has 0 radical (unpaired) electrons. The third-order valence-corrected chi connectivity index (χ3v) is 3.96. The number of fused-ring (bicyclic) bond motifs is 1. The minimum absolute atomic E-state index is 0.0267. The number of nitrogens with two attached hydrogens (primary N) is 1. The third kappa shape index (κ3) is 3.87. The van der Waals surface area contributed by atoms with Gasteiger partial charge >= 0.3 is 0 Å². The highest BCUT2D eigenvalue weighted by Crippen LogP contribution is 2.33. The molecule has 0 aliphatic rings. The highest BCUT2D eigenvalue weighted by molar-refractivity contribution is 6.13. The number of aliphatic hydroxyl groups excluding tert-OH is 1. The predicted molar refractivity (Wildman–Crippen MR) is 94.7 cm³/mol. The molecule has 0 saturated heterocycles. The predicted octanol–water partition coefficient (Wildman–Crippen LogP) is 2.08. The van der Waals surface area contributed by atoms with Gasteiger partial charge in [-0.15, -0.1) is 0 Å². The van der Waals surface area contributed by atoms with Gasteiger partial charge in [0.2, 0.25) is 5.76 Å². The van der Waals surface area contributed by atoms with Crippen molar-refractivity contribution >= 4 is 28.5 Å². The van der Waals surface area contributed by atoms with E-state index < -0.39 is 34.8 Å². The summed E-state index contributed by atoms with van der Waals surface area (Å²) in [5.41, 5.74) is 4.56. The number of carbonyl (C=O) groups excluding carboxylic acids is 2. The third-order valence-electron chi connectivity index (χ3n) is 3.96. The van der Waals surface area contributed by atoms with E-state index in [4.69, 9.17) is 19.7 Å². The maximum atomic E-state index is 13.9. The van der Waals surface area contributed by atoms with Gasteiger partial charge in [-0.1, -0.05) is 0 Å². The van der Waals surface area contributed by atoms with E-state index >= 15 is 0 Å². The molecule has 28 heavy (non-hydrogen) atoms. The molecule has 0 fully saturated rings. The lowest BCUT2D eigenvalue weighted by Gasteiger charge is -2.12. The maximum absolute atomic E-state index is 13.9. The SMILES string of the molecule is CN(CCO)Cc1ccc(C(=O)Nc2c(C(N)=O)oc3c(F)cc(F)cc23)o1. The van der Waals surface area contributed by atoms with E-state index in [-0.39, 0.29) is 23.4 Å². The van der Waals surface area contributed by atoms with Crippen molar-refractivity contribution in [2.45, 2.75) is 6.54 Å². The Labute approximate surface area is 157 Å². The summed E-state index contributed by atoms with van der Waals surface area (Å²) >= 11 is 0. The van der Waals surface area contributed by atoms with E-state index in [1.54, 1.807) is 18.0 Å². The van der Waals surface area contributed by atoms with Crippen molar-refractivity contribution in [3.8, 4) is 0 Å². The number of benzene rings is 1. The number of likely N-dealkylation sites (N-methyl/N-ethyl adjacent to an activating group) is 1. The molecule has 0 saturated carbocycles. The number of hydrogen-bond donors (Lipinski definition) is 3. The van der Waals surface area contributed by atoms with Crippen LogP contribution in [0.5, 0.6) is 0 Å². The number of nitrogens with zero attached hydrogens (tertiary/aromatic N) is 1. The molecule has 1 aromatic carbocycles. The fourth-order valence-corrected chi connectivity index (χ4v) is 2.70. The van der Waals surface area contributed by atoms with E-state index in [9.17, 15) is 18.4 Å². The molecule has 4 N–H and O–H groups in total. The van der Waals surface area contributed by atoms with Crippen molar-refractivity contribution in [3.63, 3.8) is 0 Å². The van der Waals surface area contributed by atoms with Crippen LogP contribution in [-0.4, -0.2) is 42.0 Å². The van der Waals surface area contributed by atoms with Crippen molar-refractivity contribution in [2.75, 3.05) is 25.5 Å². The number of anilines is 1. The van der Waals surface area contributed by atoms with Gasteiger partial charge in [-0.2, -0.15) is 0 Å². The first-order valence-corrected chi connectivity index (χ1v) is 8.21. The lowest BCUT2D eigenvalue weighted by Crippen LogP contribution is -2.21.